The van der Waals surface area contributed by atoms with Crippen molar-refractivity contribution >= 4 is 34.3 Å². The van der Waals surface area contributed by atoms with E-state index >= 15 is 0 Å². The van der Waals surface area contributed by atoms with Crippen LogP contribution < -0.4 is 5.73 Å². The van der Waals surface area contributed by atoms with Gasteiger partial charge in [0.2, 0.25) is 0 Å². The van der Waals surface area contributed by atoms with Crippen molar-refractivity contribution in [3.05, 3.63) is 27.7 Å². The Bertz CT molecular complexity index is 414. The number of phenols is 1. The van der Waals surface area contributed by atoms with E-state index < -0.39 is 12.0 Å². The van der Waals surface area contributed by atoms with Crippen LogP contribution in [0, 0.1) is 0 Å². The Labute approximate surface area is 113 Å². The monoisotopic (exact) mass is 325 g/mol. The van der Waals surface area contributed by atoms with Gasteiger partial charge in [-0.1, -0.05) is 15.9 Å². The van der Waals surface area contributed by atoms with Gasteiger partial charge < -0.3 is 21.1 Å². The molecule has 96 valence electrons. The molecule has 17 heavy (non-hydrogen) atoms. The second-order valence-electron chi connectivity index (χ2n) is 3.28. The SMILES string of the molecule is Cl.N[C@@H](CCO)c1c(Br)ccc(C(=O)O)c1O. The first-order valence-corrected chi connectivity index (χ1v) is 5.39. The van der Waals surface area contributed by atoms with Crippen molar-refractivity contribution in [1.82, 2.24) is 0 Å². The van der Waals surface area contributed by atoms with Crippen molar-refractivity contribution in [3.63, 3.8) is 0 Å². The van der Waals surface area contributed by atoms with Crippen molar-refractivity contribution < 1.29 is 20.1 Å². The third kappa shape index (κ3) is 3.57. The summed E-state index contributed by atoms with van der Waals surface area (Å²) in [4.78, 5) is 10.8. The maximum atomic E-state index is 10.8. The Morgan fingerprint density at radius 1 is 1.47 bits per heavy atom. The molecule has 0 saturated heterocycles. The molecule has 0 spiro atoms. The quantitative estimate of drug-likeness (QED) is 0.673. The molecule has 0 aliphatic rings. The molecule has 1 atom stereocenters. The minimum absolute atomic E-state index is 0. The molecule has 0 heterocycles. The van der Waals surface area contributed by atoms with Crippen LogP contribution in [0.15, 0.2) is 16.6 Å². The van der Waals surface area contributed by atoms with Crippen LogP contribution in [0.1, 0.15) is 28.4 Å². The summed E-state index contributed by atoms with van der Waals surface area (Å²) in [5.74, 6) is -1.58. The van der Waals surface area contributed by atoms with Gasteiger partial charge in [0.15, 0.2) is 0 Å². The van der Waals surface area contributed by atoms with Crippen LogP contribution >= 0.6 is 28.3 Å². The van der Waals surface area contributed by atoms with E-state index in [4.69, 9.17) is 15.9 Å². The summed E-state index contributed by atoms with van der Waals surface area (Å²) >= 11 is 3.19. The zero-order valence-corrected chi connectivity index (χ0v) is 11.2. The number of aromatic hydroxyl groups is 1. The molecule has 0 fully saturated rings. The molecular formula is C10H13BrClNO4. The maximum absolute atomic E-state index is 10.8. The maximum Gasteiger partial charge on any atom is 0.339 e. The molecule has 0 saturated carbocycles. The van der Waals surface area contributed by atoms with Gasteiger partial charge in [-0.25, -0.2) is 4.79 Å². The zero-order valence-electron chi connectivity index (χ0n) is 8.76. The van der Waals surface area contributed by atoms with Crippen molar-refractivity contribution in [3.8, 4) is 5.75 Å². The molecule has 0 bridgehead atoms. The van der Waals surface area contributed by atoms with Gasteiger partial charge in [-0.15, -0.1) is 12.4 Å². The Hall–Kier alpha value is -0.820. The first-order chi connectivity index (χ1) is 7.49. The number of aromatic carboxylic acids is 1. The van der Waals surface area contributed by atoms with E-state index in [1.165, 1.54) is 12.1 Å². The molecule has 1 aromatic carbocycles. The number of hydrogen-bond donors (Lipinski definition) is 4. The number of carboxylic acid groups (broad SMARTS) is 1. The van der Waals surface area contributed by atoms with Crippen LogP contribution in [-0.4, -0.2) is 27.9 Å². The van der Waals surface area contributed by atoms with Crippen LogP contribution in [-0.2, 0) is 0 Å². The molecule has 0 aliphatic carbocycles. The van der Waals surface area contributed by atoms with Gasteiger partial charge >= 0.3 is 5.97 Å². The number of aliphatic hydroxyl groups is 1. The standard InChI is InChI=1S/C10H12BrNO4.ClH/c11-6-2-1-5(10(15)16)9(14)8(6)7(12)3-4-13;/h1-2,7,13-14H,3-4,12H2,(H,15,16);1H/t7-;/m0./s1. The van der Waals surface area contributed by atoms with Crippen molar-refractivity contribution in [2.45, 2.75) is 12.5 Å². The molecule has 5 N–H and O–H groups in total. The summed E-state index contributed by atoms with van der Waals surface area (Å²) in [5, 5.41) is 27.4. The number of hydrogen-bond acceptors (Lipinski definition) is 4. The van der Waals surface area contributed by atoms with Crippen molar-refractivity contribution in [2.24, 2.45) is 5.73 Å². The number of benzene rings is 1. The van der Waals surface area contributed by atoms with Gasteiger partial charge in [-0.2, -0.15) is 0 Å². The highest BCUT2D eigenvalue weighted by Gasteiger charge is 2.20. The molecule has 1 aromatic rings. The molecule has 0 amide bonds. The second-order valence-corrected chi connectivity index (χ2v) is 4.14. The first-order valence-electron chi connectivity index (χ1n) is 4.60. The minimum Gasteiger partial charge on any atom is -0.507 e. The first kappa shape index (κ1) is 16.2. The van der Waals surface area contributed by atoms with Crippen LogP contribution in [0.25, 0.3) is 0 Å². The van der Waals surface area contributed by atoms with Gasteiger partial charge in [0, 0.05) is 22.7 Å². The predicted octanol–water partition coefficient (Wildman–Crippen LogP) is 1.66. The van der Waals surface area contributed by atoms with Crippen LogP contribution in [0.5, 0.6) is 5.75 Å². The second kappa shape index (κ2) is 6.80. The Kier molecular flexibility index (Phi) is 6.48. The van der Waals surface area contributed by atoms with Crippen molar-refractivity contribution in [1.29, 1.82) is 0 Å². The smallest absolute Gasteiger partial charge is 0.339 e. The number of carbonyl (C=O) groups is 1. The lowest BCUT2D eigenvalue weighted by Gasteiger charge is -2.15. The molecule has 0 aromatic heterocycles. The lowest BCUT2D eigenvalue weighted by atomic mass is 10.0. The molecule has 5 nitrogen and oxygen atoms in total. The van der Waals surface area contributed by atoms with Gasteiger partial charge in [0.25, 0.3) is 0 Å². The lowest BCUT2D eigenvalue weighted by Crippen LogP contribution is -2.14. The van der Waals surface area contributed by atoms with E-state index in [1.807, 2.05) is 0 Å². The van der Waals surface area contributed by atoms with E-state index in [1.54, 1.807) is 0 Å². The normalized spacial score (nSPS) is 11.7. The third-order valence-corrected chi connectivity index (χ3v) is 2.90. The molecule has 7 heteroatoms. The average molecular weight is 327 g/mol. The Morgan fingerprint density at radius 2 is 2.06 bits per heavy atom. The largest absolute Gasteiger partial charge is 0.507 e. The van der Waals surface area contributed by atoms with Gasteiger partial charge in [0.1, 0.15) is 11.3 Å². The van der Waals surface area contributed by atoms with Gasteiger partial charge in [-0.05, 0) is 18.6 Å². The summed E-state index contributed by atoms with van der Waals surface area (Å²) in [7, 11) is 0. The number of aliphatic hydroxyl groups excluding tert-OH is 1. The molecule has 0 aliphatic heterocycles. The van der Waals surface area contributed by atoms with E-state index in [2.05, 4.69) is 15.9 Å². The predicted molar refractivity (Wildman–Crippen MR) is 68.6 cm³/mol. The summed E-state index contributed by atoms with van der Waals surface area (Å²) in [6.07, 6.45) is 0.245. The Morgan fingerprint density at radius 3 is 2.53 bits per heavy atom. The number of nitrogens with two attached hydrogens (primary N) is 1. The lowest BCUT2D eigenvalue weighted by molar-refractivity contribution is 0.0693. The van der Waals surface area contributed by atoms with Gasteiger partial charge in [0.05, 0.1) is 0 Å². The molecular weight excluding hydrogens is 313 g/mol. The number of carboxylic acids is 1. The fourth-order valence-corrected chi connectivity index (χ4v) is 2.01. The van der Waals surface area contributed by atoms with E-state index in [0.717, 1.165) is 0 Å². The molecule has 1 rings (SSSR count). The van der Waals surface area contributed by atoms with E-state index in [9.17, 15) is 9.90 Å². The van der Waals surface area contributed by atoms with Crippen molar-refractivity contribution in [2.75, 3.05) is 6.61 Å². The fraction of sp³-hybridized carbons (Fsp3) is 0.300. The summed E-state index contributed by atoms with van der Waals surface area (Å²) in [5.41, 5.74) is 5.83. The van der Waals surface area contributed by atoms with Crippen LogP contribution in [0.3, 0.4) is 0 Å². The van der Waals surface area contributed by atoms with Gasteiger partial charge in [-0.3, -0.25) is 0 Å². The third-order valence-electron chi connectivity index (χ3n) is 2.21. The minimum atomic E-state index is -1.22. The number of halogens is 2. The van der Waals surface area contributed by atoms with E-state index in [-0.39, 0.29) is 36.7 Å². The van der Waals surface area contributed by atoms with E-state index in [0.29, 0.717) is 10.0 Å². The van der Waals surface area contributed by atoms with Crippen LogP contribution in [0.4, 0.5) is 0 Å². The Balaban J connectivity index is 0.00000256. The molecule has 0 unspecified atom stereocenters. The highest BCUT2D eigenvalue weighted by atomic mass is 79.9. The highest BCUT2D eigenvalue weighted by Crippen LogP contribution is 2.34. The van der Waals surface area contributed by atoms with Crippen LogP contribution in [0.2, 0.25) is 0 Å². The summed E-state index contributed by atoms with van der Waals surface area (Å²) < 4.78 is 0.524. The summed E-state index contributed by atoms with van der Waals surface area (Å²) in [6.45, 7) is -0.135. The topological polar surface area (TPSA) is 104 Å². The summed E-state index contributed by atoms with van der Waals surface area (Å²) in [6, 6.07) is 2.19. The number of rotatable bonds is 4. The highest BCUT2D eigenvalue weighted by molar-refractivity contribution is 9.10. The fourth-order valence-electron chi connectivity index (χ4n) is 1.39. The zero-order chi connectivity index (χ0) is 12.3. The average Bonchev–Trinajstić information content (AvgIpc) is 2.17. The molecule has 0 radical (unpaired) electrons.